The number of carbonyl (C=O) groups excluding carboxylic acids is 2. The van der Waals surface area contributed by atoms with Gasteiger partial charge in [0.25, 0.3) is 11.1 Å². The third kappa shape index (κ3) is 3.85. The molecule has 8 heteroatoms. The van der Waals surface area contributed by atoms with Crippen molar-refractivity contribution in [2.45, 2.75) is 18.9 Å². The van der Waals surface area contributed by atoms with Crippen molar-refractivity contribution in [3.05, 3.63) is 28.7 Å². The van der Waals surface area contributed by atoms with E-state index in [9.17, 15) is 9.59 Å². The largest absolute Gasteiger partial charge is 0.495 e. The van der Waals surface area contributed by atoms with Crippen molar-refractivity contribution in [2.75, 3.05) is 25.1 Å². The molecular weight excluding hydrogens is 350 g/mol. The van der Waals surface area contributed by atoms with Gasteiger partial charge in [0, 0.05) is 24.7 Å². The molecule has 2 aliphatic heterocycles. The van der Waals surface area contributed by atoms with Crippen molar-refractivity contribution in [1.82, 2.24) is 5.32 Å². The van der Waals surface area contributed by atoms with Gasteiger partial charge in [0.1, 0.15) is 5.75 Å². The molecule has 0 spiro atoms. The molecule has 3 N–H and O–H groups in total. The Bertz CT molecular complexity index is 681. The average Bonchev–Trinajstić information content (AvgIpc) is 2.84. The summed E-state index contributed by atoms with van der Waals surface area (Å²) in [5.41, 5.74) is 7.87. The molecular formula is C16H20ClN3O3S. The van der Waals surface area contributed by atoms with E-state index in [-0.39, 0.29) is 29.6 Å². The van der Waals surface area contributed by atoms with Gasteiger partial charge < -0.3 is 15.4 Å². The number of rotatable bonds is 3. The highest BCUT2D eigenvalue weighted by Gasteiger charge is 2.27. The summed E-state index contributed by atoms with van der Waals surface area (Å²) in [7, 11) is 1.63. The van der Waals surface area contributed by atoms with Crippen molar-refractivity contribution in [3.63, 3.8) is 0 Å². The standard InChI is InChI=1S/C16H19N3O3S.ClH/c1-22-12-6-2-4-10(8-13-15(20)18-16(21)23-13)14(12)19-7-3-5-11(17)9-19;/h2,4,6,8,11H,3,5,7,9,17H2,1H3,(H,18,20,21);1H/b13-8+;. The van der Waals surface area contributed by atoms with Crippen LogP contribution in [-0.4, -0.2) is 37.4 Å². The number of piperidine rings is 1. The van der Waals surface area contributed by atoms with Gasteiger partial charge in [-0.05, 0) is 36.7 Å². The van der Waals surface area contributed by atoms with Gasteiger partial charge >= 0.3 is 0 Å². The normalized spacial score (nSPS) is 22.3. The van der Waals surface area contributed by atoms with Crippen LogP contribution >= 0.6 is 24.2 Å². The summed E-state index contributed by atoms with van der Waals surface area (Å²) in [6, 6.07) is 5.81. The third-order valence-electron chi connectivity index (χ3n) is 3.95. The van der Waals surface area contributed by atoms with Crippen LogP contribution in [0.3, 0.4) is 0 Å². The zero-order valence-electron chi connectivity index (χ0n) is 13.3. The lowest BCUT2D eigenvalue weighted by Crippen LogP contribution is -2.43. The maximum atomic E-state index is 11.8. The first-order chi connectivity index (χ1) is 11.1. The van der Waals surface area contributed by atoms with Crippen molar-refractivity contribution in [1.29, 1.82) is 0 Å². The summed E-state index contributed by atoms with van der Waals surface area (Å²) in [6.07, 6.45) is 3.76. The first-order valence-corrected chi connectivity index (χ1v) is 8.32. The van der Waals surface area contributed by atoms with Gasteiger partial charge in [-0.25, -0.2) is 0 Å². The number of hydrogen-bond donors (Lipinski definition) is 2. The van der Waals surface area contributed by atoms with Crippen LogP contribution < -0.4 is 20.7 Å². The summed E-state index contributed by atoms with van der Waals surface area (Å²) < 4.78 is 5.50. The summed E-state index contributed by atoms with van der Waals surface area (Å²) in [5, 5.41) is 1.93. The number of nitrogens with two attached hydrogens (primary N) is 1. The molecule has 6 nitrogen and oxygen atoms in total. The van der Waals surface area contributed by atoms with E-state index in [0.29, 0.717) is 4.91 Å². The number of thioether (sulfide) groups is 1. The Morgan fingerprint density at radius 1 is 1.42 bits per heavy atom. The molecule has 2 amide bonds. The highest BCUT2D eigenvalue weighted by molar-refractivity contribution is 8.18. The van der Waals surface area contributed by atoms with Gasteiger partial charge in [0.2, 0.25) is 0 Å². The molecule has 130 valence electrons. The predicted molar refractivity (Wildman–Crippen MR) is 98.8 cm³/mol. The van der Waals surface area contributed by atoms with Crippen LogP contribution in [0.2, 0.25) is 0 Å². The molecule has 2 fully saturated rings. The minimum Gasteiger partial charge on any atom is -0.495 e. The number of para-hydroxylation sites is 1. The number of amides is 2. The fourth-order valence-corrected chi connectivity index (χ4v) is 3.61. The number of halogens is 1. The molecule has 3 rings (SSSR count). The Labute approximate surface area is 151 Å². The number of nitrogens with zero attached hydrogens (tertiary/aromatic N) is 1. The van der Waals surface area contributed by atoms with E-state index in [1.165, 1.54) is 0 Å². The van der Waals surface area contributed by atoms with Crippen LogP contribution in [0.1, 0.15) is 18.4 Å². The van der Waals surface area contributed by atoms with Gasteiger partial charge in [-0.1, -0.05) is 12.1 Å². The lowest BCUT2D eigenvalue weighted by atomic mass is 10.0. The Kier molecular flexibility index (Phi) is 6.15. The van der Waals surface area contributed by atoms with E-state index in [0.717, 1.165) is 54.7 Å². The van der Waals surface area contributed by atoms with E-state index in [2.05, 4.69) is 10.2 Å². The quantitative estimate of drug-likeness (QED) is 0.796. The number of imide groups is 1. The summed E-state index contributed by atoms with van der Waals surface area (Å²) >= 11 is 0.915. The summed E-state index contributed by atoms with van der Waals surface area (Å²) in [4.78, 5) is 25.7. The van der Waals surface area contributed by atoms with Gasteiger partial charge in [-0.2, -0.15) is 0 Å². The SMILES string of the molecule is COc1cccc(/C=C2/SC(=O)NC2=O)c1N1CCCC(N)C1.Cl. The number of methoxy groups -OCH3 is 1. The molecule has 0 bridgehead atoms. The van der Waals surface area contributed by atoms with E-state index in [1.807, 2.05) is 18.2 Å². The monoisotopic (exact) mass is 369 g/mol. The van der Waals surface area contributed by atoms with Crippen molar-refractivity contribution in [3.8, 4) is 5.75 Å². The average molecular weight is 370 g/mol. The number of ether oxygens (including phenoxy) is 1. The maximum Gasteiger partial charge on any atom is 0.290 e. The molecule has 1 aromatic carbocycles. The van der Waals surface area contributed by atoms with Crippen molar-refractivity contribution in [2.24, 2.45) is 5.73 Å². The number of hydrogen-bond acceptors (Lipinski definition) is 6. The number of anilines is 1. The van der Waals surface area contributed by atoms with Gasteiger partial charge in [0.05, 0.1) is 17.7 Å². The second-order valence-corrected chi connectivity index (χ2v) is 6.61. The van der Waals surface area contributed by atoms with Crippen LogP contribution in [0, 0.1) is 0 Å². The van der Waals surface area contributed by atoms with Crippen LogP contribution in [-0.2, 0) is 4.79 Å². The molecule has 0 saturated carbocycles. The zero-order chi connectivity index (χ0) is 16.4. The number of nitrogens with one attached hydrogen (secondary N) is 1. The summed E-state index contributed by atoms with van der Waals surface area (Å²) in [6.45, 7) is 1.64. The predicted octanol–water partition coefficient (Wildman–Crippen LogP) is 2.37. The number of benzene rings is 1. The molecule has 0 radical (unpaired) electrons. The third-order valence-corrected chi connectivity index (χ3v) is 4.76. The van der Waals surface area contributed by atoms with E-state index < -0.39 is 0 Å². The minimum atomic E-state index is -0.357. The molecule has 1 aromatic rings. The molecule has 1 atom stereocenters. The first kappa shape index (κ1) is 18.6. The minimum absolute atomic E-state index is 0. The first-order valence-electron chi connectivity index (χ1n) is 7.51. The van der Waals surface area contributed by atoms with Crippen molar-refractivity contribution < 1.29 is 14.3 Å². The second kappa shape index (κ2) is 7.92. The zero-order valence-corrected chi connectivity index (χ0v) is 14.9. The highest BCUT2D eigenvalue weighted by atomic mass is 35.5. The molecule has 0 aromatic heterocycles. The second-order valence-electron chi connectivity index (χ2n) is 5.60. The van der Waals surface area contributed by atoms with Gasteiger partial charge in [-0.3, -0.25) is 14.9 Å². The fourth-order valence-electron chi connectivity index (χ4n) is 2.93. The Morgan fingerprint density at radius 3 is 2.83 bits per heavy atom. The molecule has 0 aliphatic carbocycles. The van der Waals surface area contributed by atoms with Gasteiger partial charge in [-0.15, -0.1) is 12.4 Å². The van der Waals surface area contributed by atoms with Gasteiger partial charge in [0.15, 0.2) is 0 Å². The van der Waals surface area contributed by atoms with Crippen LogP contribution in [0.15, 0.2) is 23.1 Å². The maximum absolute atomic E-state index is 11.8. The topological polar surface area (TPSA) is 84.7 Å². The van der Waals surface area contributed by atoms with Crippen LogP contribution in [0.4, 0.5) is 10.5 Å². The van der Waals surface area contributed by atoms with Crippen LogP contribution in [0.5, 0.6) is 5.75 Å². The van der Waals surface area contributed by atoms with E-state index in [1.54, 1.807) is 13.2 Å². The lowest BCUT2D eigenvalue weighted by molar-refractivity contribution is -0.115. The molecule has 24 heavy (non-hydrogen) atoms. The lowest BCUT2D eigenvalue weighted by Gasteiger charge is -2.34. The highest BCUT2D eigenvalue weighted by Crippen LogP contribution is 2.37. The Balaban J connectivity index is 0.00000208. The number of carbonyl (C=O) groups is 2. The van der Waals surface area contributed by atoms with Crippen molar-refractivity contribution >= 4 is 47.1 Å². The molecule has 1 unspecified atom stereocenters. The Hall–Kier alpha value is -1.70. The Morgan fingerprint density at radius 2 is 2.21 bits per heavy atom. The molecule has 2 saturated heterocycles. The summed E-state index contributed by atoms with van der Waals surface area (Å²) in [5.74, 6) is 0.382. The smallest absolute Gasteiger partial charge is 0.290 e. The van der Waals surface area contributed by atoms with Crippen LogP contribution in [0.25, 0.3) is 6.08 Å². The van der Waals surface area contributed by atoms with E-state index >= 15 is 0 Å². The molecule has 2 aliphatic rings. The van der Waals surface area contributed by atoms with E-state index in [4.69, 9.17) is 10.5 Å². The fraction of sp³-hybridized carbons (Fsp3) is 0.375. The molecule has 2 heterocycles.